The highest BCUT2D eigenvalue weighted by atomic mass is 16.5. The van der Waals surface area contributed by atoms with Crippen molar-refractivity contribution in [2.24, 2.45) is 5.92 Å². The van der Waals surface area contributed by atoms with E-state index >= 15 is 0 Å². The molecule has 116 valence electrons. The first kappa shape index (κ1) is 14.9. The van der Waals surface area contributed by atoms with Crippen molar-refractivity contribution in [3.63, 3.8) is 0 Å². The standard InChI is InChI=1S/C18H27NO2/c1-20-14-16-10-11-19(13-16)12-15-6-8-18(9-7-15)21-17-4-2-3-5-17/h6-9,16-17H,2-5,10-14H2,1H3/t16-/m0/s1. The minimum Gasteiger partial charge on any atom is -0.490 e. The SMILES string of the molecule is COC[C@H]1CCN(Cc2ccc(OC3CCCC3)cc2)C1. The Hall–Kier alpha value is -1.06. The van der Waals surface area contributed by atoms with Gasteiger partial charge in [0.2, 0.25) is 0 Å². The summed E-state index contributed by atoms with van der Waals surface area (Å²) in [6, 6.07) is 8.70. The van der Waals surface area contributed by atoms with Gasteiger partial charge in [-0.1, -0.05) is 12.1 Å². The summed E-state index contributed by atoms with van der Waals surface area (Å²) in [4.78, 5) is 2.52. The van der Waals surface area contributed by atoms with Crippen LogP contribution in [0.1, 0.15) is 37.7 Å². The summed E-state index contributed by atoms with van der Waals surface area (Å²) in [6.07, 6.45) is 6.79. The van der Waals surface area contributed by atoms with Gasteiger partial charge >= 0.3 is 0 Å². The number of hydrogen-bond donors (Lipinski definition) is 0. The normalized spacial score (nSPS) is 23.8. The highest BCUT2D eigenvalue weighted by Gasteiger charge is 2.22. The van der Waals surface area contributed by atoms with Gasteiger partial charge in [0.15, 0.2) is 0 Å². The van der Waals surface area contributed by atoms with E-state index in [9.17, 15) is 0 Å². The molecule has 0 aromatic heterocycles. The maximum atomic E-state index is 6.02. The molecule has 1 aliphatic heterocycles. The third-order valence-electron chi connectivity index (χ3n) is 4.71. The lowest BCUT2D eigenvalue weighted by Gasteiger charge is -2.17. The molecule has 1 aromatic rings. The summed E-state index contributed by atoms with van der Waals surface area (Å²) in [5, 5.41) is 0. The monoisotopic (exact) mass is 289 g/mol. The quantitative estimate of drug-likeness (QED) is 0.800. The van der Waals surface area contributed by atoms with Gasteiger partial charge in [-0.2, -0.15) is 0 Å². The molecule has 0 bridgehead atoms. The molecular formula is C18H27NO2. The van der Waals surface area contributed by atoms with Crippen LogP contribution in [0, 0.1) is 5.92 Å². The van der Waals surface area contributed by atoms with E-state index in [1.807, 2.05) is 0 Å². The fourth-order valence-electron chi connectivity index (χ4n) is 3.56. The zero-order valence-electron chi connectivity index (χ0n) is 13.1. The number of methoxy groups -OCH3 is 1. The molecule has 1 saturated carbocycles. The van der Waals surface area contributed by atoms with Crippen molar-refractivity contribution in [3.05, 3.63) is 29.8 Å². The summed E-state index contributed by atoms with van der Waals surface area (Å²) in [6.45, 7) is 4.29. The molecule has 3 nitrogen and oxygen atoms in total. The first-order chi connectivity index (χ1) is 10.3. The lowest BCUT2D eigenvalue weighted by molar-refractivity contribution is 0.152. The largest absolute Gasteiger partial charge is 0.490 e. The van der Waals surface area contributed by atoms with Gasteiger partial charge in [-0.3, -0.25) is 4.90 Å². The van der Waals surface area contributed by atoms with Crippen molar-refractivity contribution >= 4 is 0 Å². The Bertz CT molecular complexity index is 425. The average Bonchev–Trinajstić information content (AvgIpc) is 3.14. The van der Waals surface area contributed by atoms with Gasteiger partial charge in [0, 0.05) is 20.2 Å². The van der Waals surface area contributed by atoms with E-state index in [0.29, 0.717) is 12.0 Å². The van der Waals surface area contributed by atoms with Gasteiger partial charge in [-0.05, 0) is 62.3 Å². The molecule has 0 unspecified atom stereocenters. The molecule has 1 aliphatic carbocycles. The number of ether oxygens (including phenoxy) is 2. The summed E-state index contributed by atoms with van der Waals surface area (Å²) < 4.78 is 11.3. The Kier molecular flexibility index (Phi) is 5.15. The fraction of sp³-hybridized carbons (Fsp3) is 0.667. The molecule has 3 heteroatoms. The Morgan fingerprint density at radius 1 is 1.10 bits per heavy atom. The van der Waals surface area contributed by atoms with Crippen LogP contribution in [0.5, 0.6) is 5.75 Å². The lowest BCUT2D eigenvalue weighted by atomic mass is 10.1. The van der Waals surface area contributed by atoms with Crippen LogP contribution in [-0.4, -0.2) is 37.8 Å². The third-order valence-corrected chi connectivity index (χ3v) is 4.71. The first-order valence-electron chi connectivity index (χ1n) is 8.30. The zero-order chi connectivity index (χ0) is 14.5. The molecule has 0 amide bonds. The molecule has 1 saturated heterocycles. The van der Waals surface area contributed by atoms with Crippen LogP contribution in [0.15, 0.2) is 24.3 Å². The van der Waals surface area contributed by atoms with Crippen LogP contribution in [-0.2, 0) is 11.3 Å². The number of hydrogen-bond acceptors (Lipinski definition) is 3. The second-order valence-electron chi connectivity index (χ2n) is 6.51. The van der Waals surface area contributed by atoms with E-state index in [4.69, 9.17) is 9.47 Å². The van der Waals surface area contributed by atoms with Gasteiger partial charge < -0.3 is 9.47 Å². The van der Waals surface area contributed by atoms with E-state index in [0.717, 1.165) is 25.4 Å². The van der Waals surface area contributed by atoms with Crippen LogP contribution >= 0.6 is 0 Å². The summed E-state index contributed by atoms with van der Waals surface area (Å²) in [5.41, 5.74) is 1.38. The molecule has 2 aliphatic rings. The molecule has 1 heterocycles. The summed E-state index contributed by atoms with van der Waals surface area (Å²) >= 11 is 0. The Balaban J connectivity index is 1.48. The Morgan fingerprint density at radius 3 is 2.57 bits per heavy atom. The summed E-state index contributed by atoms with van der Waals surface area (Å²) in [7, 11) is 1.80. The molecule has 0 spiro atoms. The Morgan fingerprint density at radius 2 is 1.86 bits per heavy atom. The molecule has 1 aromatic carbocycles. The van der Waals surface area contributed by atoms with Crippen LogP contribution in [0.3, 0.4) is 0 Å². The van der Waals surface area contributed by atoms with Gasteiger partial charge in [-0.25, -0.2) is 0 Å². The second-order valence-corrected chi connectivity index (χ2v) is 6.51. The average molecular weight is 289 g/mol. The van der Waals surface area contributed by atoms with Gasteiger partial charge in [0.05, 0.1) is 12.7 Å². The number of nitrogens with zero attached hydrogens (tertiary/aromatic N) is 1. The third kappa shape index (κ3) is 4.21. The molecule has 0 N–H and O–H groups in total. The number of rotatable bonds is 6. The van der Waals surface area contributed by atoms with Crippen LogP contribution in [0.2, 0.25) is 0 Å². The van der Waals surface area contributed by atoms with Crippen LogP contribution in [0.25, 0.3) is 0 Å². The smallest absolute Gasteiger partial charge is 0.119 e. The fourth-order valence-corrected chi connectivity index (χ4v) is 3.56. The van der Waals surface area contributed by atoms with E-state index in [2.05, 4.69) is 29.2 Å². The van der Waals surface area contributed by atoms with E-state index < -0.39 is 0 Å². The lowest BCUT2D eigenvalue weighted by Crippen LogP contribution is -2.21. The molecule has 0 radical (unpaired) electrons. The first-order valence-corrected chi connectivity index (χ1v) is 8.30. The minimum atomic E-state index is 0.448. The summed E-state index contributed by atoms with van der Waals surface area (Å²) in [5.74, 6) is 1.74. The number of benzene rings is 1. The predicted molar refractivity (Wildman–Crippen MR) is 84.6 cm³/mol. The predicted octanol–water partition coefficient (Wildman–Crippen LogP) is 3.48. The maximum Gasteiger partial charge on any atom is 0.119 e. The van der Waals surface area contributed by atoms with Crippen molar-refractivity contribution in [2.45, 2.75) is 44.8 Å². The second kappa shape index (κ2) is 7.28. The maximum absolute atomic E-state index is 6.02. The van der Waals surface area contributed by atoms with Gasteiger partial charge in [-0.15, -0.1) is 0 Å². The van der Waals surface area contributed by atoms with Gasteiger partial charge in [0.25, 0.3) is 0 Å². The van der Waals surface area contributed by atoms with Crippen molar-refractivity contribution in [3.8, 4) is 5.75 Å². The molecule has 1 atom stereocenters. The van der Waals surface area contributed by atoms with E-state index in [1.54, 1.807) is 7.11 Å². The van der Waals surface area contributed by atoms with Crippen LogP contribution in [0.4, 0.5) is 0 Å². The van der Waals surface area contributed by atoms with Gasteiger partial charge in [0.1, 0.15) is 5.75 Å². The van der Waals surface area contributed by atoms with E-state index in [-0.39, 0.29) is 0 Å². The van der Waals surface area contributed by atoms with Crippen molar-refractivity contribution < 1.29 is 9.47 Å². The van der Waals surface area contributed by atoms with Crippen molar-refractivity contribution in [1.29, 1.82) is 0 Å². The molecule has 2 fully saturated rings. The van der Waals surface area contributed by atoms with E-state index in [1.165, 1.54) is 44.2 Å². The Labute approximate surface area is 128 Å². The molecule has 21 heavy (non-hydrogen) atoms. The topological polar surface area (TPSA) is 21.7 Å². The molecule has 3 rings (SSSR count). The minimum absolute atomic E-state index is 0.448. The highest BCUT2D eigenvalue weighted by Crippen LogP contribution is 2.25. The highest BCUT2D eigenvalue weighted by molar-refractivity contribution is 5.27. The molecular weight excluding hydrogens is 262 g/mol. The zero-order valence-corrected chi connectivity index (χ0v) is 13.1. The van der Waals surface area contributed by atoms with Crippen molar-refractivity contribution in [1.82, 2.24) is 4.90 Å². The van der Waals surface area contributed by atoms with Crippen LogP contribution < -0.4 is 4.74 Å². The van der Waals surface area contributed by atoms with Crippen molar-refractivity contribution in [2.75, 3.05) is 26.8 Å². The number of likely N-dealkylation sites (tertiary alicyclic amines) is 1.